The molecule has 64 valence electrons. The van der Waals surface area contributed by atoms with Crippen LogP contribution in [0, 0.1) is 5.41 Å². The van der Waals surface area contributed by atoms with Gasteiger partial charge in [0, 0.05) is 24.8 Å². The molecule has 0 unspecified atom stereocenters. The predicted molar refractivity (Wildman–Crippen MR) is 40.5 cm³/mol. The van der Waals surface area contributed by atoms with E-state index in [0.717, 1.165) is 5.57 Å². The first-order chi connectivity index (χ1) is 4.92. The maximum Gasteiger partial charge on any atom is 0.249 e. The molecule has 1 saturated carbocycles. The summed E-state index contributed by atoms with van der Waals surface area (Å²) in [7, 11) is 0. The van der Waals surface area contributed by atoms with E-state index in [1.807, 2.05) is 0 Å². The molecular formula is C8H13F2N. The van der Waals surface area contributed by atoms with Gasteiger partial charge in [0.15, 0.2) is 0 Å². The van der Waals surface area contributed by atoms with E-state index in [0.29, 0.717) is 0 Å². The van der Waals surface area contributed by atoms with E-state index in [1.54, 1.807) is 6.92 Å². The molecule has 0 radical (unpaired) electrons. The van der Waals surface area contributed by atoms with Crippen molar-refractivity contribution in [1.29, 1.82) is 0 Å². The lowest BCUT2D eigenvalue weighted by molar-refractivity contribution is -0.141. The van der Waals surface area contributed by atoms with Crippen LogP contribution >= 0.6 is 0 Å². The molecule has 0 aromatic carbocycles. The van der Waals surface area contributed by atoms with E-state index >= 15 is 0 Å². The second kappa shape index (κ2) is 2.27. The van der Waals surface area contributed by atoms with Crippen LogP contribution in [0.25, 0.3) is 0 Å². The van der Waals surface area contributed by atoms with Crippen molar-refractivity contribution in [2.24, 2.45) is 11.1 Å². The summed E-state index contributed by atoms with van der Waals surface area (Å²) in [4.78, 5) is 0. The smallest absolute Gasteiger partial charge is 0.249 e. The number of hydrogen-bond acceptors (Lipinski definition) is 1. The number of halogens is 2. The van der Waals surface area contributed by atoms with Gasteiger partial charge in [-0.3, -0.25) is 0 Å². The molecule has 1 rings (SSSR count). The third-order valence-corrected chi connectivity index (χ3v) is 2.49. The molecule has 0 amide bonds. The Hall–Kier alpha value is -0.440. The average molecular weight is 161 g/mol. The van der Waals surface area contributed by atoms with Gasteiger partial charge in [-0.15, -0.1) is 0 Å². The van der Waals surface area contributed by atoms with Crippen molar-refractivity contribution in [3.8, 4) is 0 Å². The Morgan fingerprint density at radius 3 is 2.09 bits per heavy atom. The first-order valence-electron chi connectivity index (χ1n) is 3.66. The van der Waals surface area contributed by atoms with Gasteiger partial charge >= 0.3 is 0 Å². The highest BCUT2D eigenvalue weighted by Gasteiger charge is 2.55. The minimum atomic E-state index is -2.50. The Kier molecular flexibility index (Phi) is 1.79. The molecule has 0 bridgehead atoms. The predicted octanol–water partition coefficient (Wildman–Crippen LogP) is 1.94. The minimum absolute atomic E-state index is 0.119. The lowest BCUT2D eigenvalue weighted by atomic mass is 9.62. The fourth-order valence-corrected chi connectivity index (χ4v) is 1.56. The summed E-state index contributed by atoms with van der Waals surface area (Å²) in [5.41, 5.74) is 5.71. The van der Waals surface area contributed by atoms with Gasteiger partial charge in [-0.1, -0.05) is 12.2 Å². The molecule has 1 aliphatic rings. The third-order valence-electron chi connectivity index (χ3n) is 2.49. The van der Waals surface area contributed by atoms with Crippen LogP contribution in [0.5, 0.6) is 0 Å². The molecule has 3 heteroatoms. The maximum absolute atomic E-state index is 12.5. The van der Waals surface area contributed by atoms with Gasteiger partial charge < -0.3 is 5.73 Å². The summed E-state index contributed by atoms with van der Waals surface area (Å²) in [5.74, 6) is -2.50. The molecule has 11 heavy (non-hydrogen) atoms. The second-order valence-electron chi connectivity index (χ2n) is 3.47. The van der Waals surface area contributed by atoms with Gasteiger partial charge in [0.05, 0.1) is 0 Å². The topological polar surface area (TPSA) is 26.0 Å². The zero-order valence-electron chi connectivity index (χ0n) is 6.66. The van der Waals surface area contributed by atoms with E-state index in [1.165, 1.54) is 0 Å². The third kappa shape index (κ3) is 1.29. The van der Waals surface area contributed by atoms with Crippen LogP contribution in [-0.4, -0.2) is 12.5 Å². The van der Waals surface area contributed by atoms with E-state index in [9.17, 15) is 8.78 Å². The number of rotatable bonds is 2. The quantitative estimate of drug-likeness (QED) is 0.615. The summed E-state index contributed by atoms with van der Waals surface area (Å²) in [6.45, 7) is 5.73. The molecule has 0 aromatic heterocycles. The van der Waals surface area contributed by atoms with E-state index in [-0.39, 0.29) is 19.4 Å². The summed E-state index contributed by atoms with van der Waals surface area (Å²) in [5, 5.41) is 0. The Bertz CT molecular complexity index is 179. The van der Waals surface area contributed by atoms with Crippen LogP contribution in [0.2, 0.25) is 0 Å². The van der Waals surface area contributed by atoms with E-state index < -0.39 is 11.3 Å². The molecule has 0 atom stereocenters. The minimum Gasteiger partial charge on any atom is -0.330 e. The fraction of sp³-hybridized carbons (Fsp3) is 0.750. The van der Waals surface area contributed by atoms with Crippen molar-refractivity contribution in [3.05, 3.63) is 12.2 Å². The van der Waals surface area contributed by atoms with Crippen LogP contribution in [0.3, 0.4) is 0 Å². The molecule has 2 N–H and O–H groups in total. The first-order valence-corrected chi connectivity index (χ1v) is 3.66. The highest BCUT2D eigenvalue weighted by Crippen LogP contribution is 2.54. The monoisotopic (exact) mass is 161 g/mol. The van der Waals surface area contributed by atoms with Crippen LogP contribution < -0.4 is 5.73 Å². The van der Waals surface area contributed by atoms with Crippen LogP contribution in [0.4, 0.5) is 8.78 Å². The highest BCUT2D eigenvalue weighted by molar-refractivity contribution is 5.17. The van der Waals surface area contributed by atoms with Gasteiger partial charge in [-0.05, 0) is 6.92 Å². The van der Waals surface area contributed by atoms with Crippen molar-refractivity contribution in [3.63, 3.8) is 0 Å². The highest BCUT2D eigenvalue weighted by atomic mass is 19.3. The molecule has 0 heterocycles. The largest absolute Gasteiger partial charge is 0.330 e. The number of hydrogen-bond donors (Lipinski definition) is 1. The lowest BCUT2D eigenvalue weighted by Crippen LogP contribution is -2.50. The summed E-state index contributed by atoms with van der Waals surface area (Å²) in [6, 6.07) is 0. The van der Waals surface area contributed by atoms with Crippen molar-refractivity contribution in [1.82, 2.24) is 0 Å². The molecule has 1 fully saturated rings. The fourth-order valence-electron chi connectivity index (χ4n) is 1.56. The van der Waals surface area contributed by atoms with Crippen molar-refractivity contribution in [2.45, 2.75) is 25.7 Å². The molecule has 1 nitrogen and oxygen atoms in total. The van der Waals surface area contributed by atoms with Gasteiger partial charge in [0.2, 0.25) is 5.92 Å². The number of alkyl halides is 2. The maximum atomic E-state index is 12.5. The van der Waals surface area contributed by atoms with Gasteiger partial charge in [0.1, 0.15) is 0 Å². The summed E-state index contributed by atoms with van der Waals surface area (Å²) < 4.78 is 25.0. The van der Waals surface area contributed by atoms with Gasteiger partial charge in [-0.25, -0.2) is 8.78 Å². The summed E-state index contributed by atoms with van der Waals surface area (Å²) >= 11 is 0. The molecule has 0 spiro atoms. The lowest BCUT2D eigenvalue weighted by Gasteiger charge is -2.47. The van der Waals surface area contributed by atoms with Crippen LogP contribution in [0.15, 0.2) is 12.2 Å². The zero-order valence-corrected chi connectivity index (χ0v) is 6.66. The first kappa shape index (κ1) is 8.65. The zero-order chi connectivity index (χ0) is 8.70. The Morgan fingerprint density at radius 2 is 2.00 bits per heavy atom. The molecule has 0 aliphatic heterocycles. The van der Waals surface area contributed by atoms with Crippen LogP contribution in [-0.2, 0) is 0 Å². The van der Waals surface area contributed by atoms with Crippen molar-refractivity contribution < 1.29 is 8.78 Å². The summed E-state index contributed by atoms with van der Waals surface area (Å²) in [6.07, 6.45) is -0.238. The SMILES string of the molecule is C=C(C)C1(CN)CC(F)(F)C1. The second-order valence-corrected chi connectivity index (χ2v) is 3.47. The van der Waals surface area contributed by atoms with Gasteiger partial charge in [-0.2, -0.15) is 0 Å². The van der Waals surface area contributed by atoms with Crippen molar-refractivity contribution >= 4 is 0 Å². The standard InChI is InChI=1S/C8H13F2N/c1-6(2)7(5-11)3-8(9,10)4-7/h1,3-5,11H2,2H3. The molecule has 0 saturated heterocycles. The Balaban J connectivity index is 2.64. The normalized spacial score (nSPS) is 25.8. The Labute approximate surface area is 65.3 Å². The number of nitrogens with two attached hydrogens (primary N) is 1. The van der Waals surface area contributed by atoms with Gasteiger partial charge in [0.25, 0.3) is 0 Å². The van der Waals surface area contributed by atoms with Crippen molar-refractivity contribution in [2.75, 3.05) is 6.54 Å². The molecular weight excluding hydrogens is 148 g/mol. The Morgan fingerprint density at radius 1 is 1.55 bits per heavy atom. The van der Waals surface area contributed by atoms with E-state index in [4.69, 9.17) is 5.73 Å². The average Bonchev–Trinajstić information content (AvgIpc) is 1.81. The molecule has 1 aliphatic carbocycles. The molecule has 0 aromatic rings. The van der Waals surface area contributed by atoms with Crippen LogP contribution in [0.1, 0.15) is 19.8 Å². The van der Waals surface area contributed by atoms with E-state index in [2.05, 4.69) is 6.58 Å².